The van der Waals surface area contributed by atoms with Gasteiger partial charge < -0.3 is 10.3 Å². The second kappa shape index (κ2) is 7.53. The number of aromatic amines is 1. The van der Waals surface area contributed by atoms with Gasteiger partial charge in [-0.25, -0.2) is 0 Å². The van der Waals surface area contributed by atoms with Crippen LogP contribution in [0.1, 0.15) is 36.7 Å². The van der Waals surface area contributed by atoms with Gasteiger partial charge in [-0.2, -0.15) is 0 Å². The molecule has 3 rings (SSSR count). The molecule has 130 valence electrons. The normalized spacial score (nSPS) is 11.4. The third-order valence-electron chi connectivity index (χ3n) is 4.55. The molecule has 0 saturated carbocycles. The summed E-state index contributed by atoms with van der Waals surface area (Å²) in [7, 11) is 0. The largest absolute Gasteiger partial charge is 0.361 e. The summed E-state index contributed by atoms with van der Waals surface area (Å²) in [4.78, 5) is 18.0. The molecule has 0 aliphatic heterocycles. The number of H-pyrrole nitrogens is 1. The first-order valence-corrected chi connectivity index (χ1v) is 8.78. The Morgan fingerprint density at radius 1 is 1.12 bits per heavy atom. The summed E-state index contributed by atoms with van der Waals surface area (Å²) in [5.41, 5.74) is 3.76. The number of hydrogen-bond donors (Lipinski definition) is 2. The van der Waals surface area contributed by atoms with Gasteiger partial charge in [0, 0.05) is 40.9 Å². The van der Waals surface area contributed by atoms with Gasteiger partial charge in [0.2, 0.25) is 0 Å². The molecule has 1 heterocycles. The van der Waals surface area contributed by atoms with Gasteiger partial charge >= 0.3 is 0 Å². The van der Waals surface area contributed by atoms with Crippen LogP contribution < -0.4 is 5.32 Å². The molecule has 0 aliphatic rings. The number of nitrogens with zero attached hydrogens (tertiary/aromatic N) is 1. The summed E-state index contributed by atoms with van der Waals surface area (Å²) in [5, 5.41) is 4.05. The molecule has 3 aromatic rings. The van der Waals surface area contributed by atoms with E-state index in [1.165, 1.54) is 5.56 Å². The van der Waals surface area contributed by atoms with Gasteiger partial charge in [-0.15, -0.1) is 0 Å². The lowest BCUT2D eigenvalue weighted by Crippen LogP contribution is -2.29. The molecule has 25 heavy (non-hydrogen) atoms. The van der Waals surface area contributed by atoms with Crippen LogP contribution in [0.2, 0.25) is 0 Å². The van der Waals surface area contributed by atoms with Gasteiger partial charge in [-0.3, -0.25) is 9.69 Å². The van der Waals surface area contributed by atoms with Crippen LogP contribution in [0.3, 0.4) is 0 Å². The maximum Gasteiger partial charge on any atom is 0.255 e. The fourth-order valence-electron chi connectivity index (χ4n) is 2.99. The minimum atomic E-state index is -0.0855. The number of aromatic nitrogens is 1. The van der Waals surface area contributed by atoms with Crippen LogP contribution >= 0.6 is 0 Å². The topological polar surface area (TPSA) is 48.1 Å². The molecule has 4 heteroatoms. The molecule has 0 spiro atoms. The zero-order valence-corrected chi connectivity index (χ0v) is 15.0. The van der Waals surface area contributed by atoms with Crippen molar-refractivity contribution < 1.29 is 4.79 Å². The average molecular weight is 335 g/mol. The predicted molar refractivity (Wildman–Crippen MR) is 104 cm³/mol. The predicted octanol–water partition coefficient (Wildman–Crippen LogP) is 4.65. The number of benzene rings is 2. The zero-order chi connectivity index (χ0) is 17.8. The SMILES string of the molecule is CCN(Cc1ccc(C(=O)Nc2ccc3[nH]ccc3c2)cc1)C(C)C. The van der Waals surface area contributed by atoms with E-state index in [-0.39, 0.29) is 5.91 Å². The zero-order valence-electron chi connectivity index (χ0n) is 15.0. The van der Waals surface area contributed by atoms with Gasteiger partial charge in [0.25, 0.3) is 5.91 Å². The standard InChI is InChI=1S/C21H25N3O/c1-4-24(15(2)3)14-16-5-7-17(8-6-16)21(25)23-19-9-10-20-18(13-19)11-12-22-20/h5-13,15,22H,4,14H2,1-3H3,(H,23,25). The minimum absolute atomic E-state index is 0.0855. The van der Waals surface area contributed by atoms with E-state index in [0.29, 0.717) is 11.6 Å². The van der Waals surface area contributed by atoms with Crippen LogP contribution in [-0.4, -0.2) is 28.4 Å². The van der Waals surface area contributed by atoms with Crippen LogP contribution in [0.4, 0.5) is 5.69 Å². The molecule has 0 saturated heterocycles. The van der Waals surface area contributed by atoms with Crippen molar-refractivity contribution in [1.29, 1.82) is 0 Å². The summed E-state index contributed by atoms with van der Waals surface area (Å²) in [5.74, 6) is -0.0855. The summed E-state index contributed by atoms with van der Waals surface area (Å²) in [6.45, 7) is 8.49. The third-order valence-corrected chi connectivity index (χ3v) is 4.55. The van der Waals surface area contributed by atoms with Crippen molar-refractivity contribution >= 4 is 22.5 Å². The highest BCUT2D eigenvalue weighted by molar-refractivity contribution is 6.05. The lowest BCUT2D eigenvalue weighted by Gasteiger charge is -2.24. The number of amides is 1. The van der Waals surface area contributed by atoms with Gasteiger partial charge in [0.1, 0.15) is 0 Å². The maximum atomic E-state index is 12.5. The van der Waals surface area contributed by atoms with E-state index in [1.54, 1.807) is 0 Å². The van der Waals surface area contributed by atoms with Crippen LogP contribution in [0.5, 0.6) is 0 Å². The lowest BCUT2D eigenvalue weighted by atomic mass is 10.1. The number of carbonyl (C=O) groups excluding carboxylic acids is 1. The van der Waals surface area contributed by atoms with E-state index in [1.807, 2.05) is 54.7 Å². The number of nitrogens with one attached hydrogen (secondary N) is 2. The third kappa shape index (κ3) is 4.09. The molecule has 0 unspecified atom stereocenters. The average Bonchev–Trinajstić information content (AvgIpc) is 3.07. The quantitative estimate of drug-likeness (QED) is 0.689. The van der Waals surface area contributed by atoms with E-state index in [9.17, 15) is 4.79 Å². The number of anilines is 1. The Morgan fingerprint density at radius 3 is 2.56 bits per heavy atom. The van der Waals surface area contributed by atoms with Crippen molar-refractivity contribution in [3.8, 4) is 0 Å². The van der Waals surface area contributed by atoms with Gasteiger partial charge in [-0.05, 0) is 62.4 Å². The van der Waals surface area contributed by atoms with E-state index < -0.39 is 0 Å². The second-order valence-corrected chi connectivity index (χ2v) is 6.59. The maximum absolute atomic E-state index is 12.5. The number of rotatable bonds is 6. The Labute approximate surface area is 148 Å². The Kier molecular flexibility index (Phi) is 5.19. The van der Waals surface area contributed by atoms with Crippen LogP contribution in [-0.2, 0) is 6.54 Å². The number of fused-ring (bicyclic) bond motifs is 1. The molecule has 0 radical (unpaired) electrons. The van der Waals surface area contributed by atoms with Crippen molar-refractivity contribution in [1.82, 2.24) is 9.88 Å². The molecule has 1 aromatic heterocycles. The Bertz CT molecular complexity index is 849. The smallest absolute Gasteiger partial charge is 0.255 e. The molecule has 2 N–H and O–H groups in total. The van der Waals surface area contributed by atoms with E-state index in [4.69, 9.17) is 0 Å². The van der Waals surface area contributed by atoms with Gasteiger partial charge in [-0.1, -0.05) is 19.1 Å². The minimum Gasteiger partial charge on any atom is -0.361 e. The molecule has 0 bridgehead atoms. The van der Waals surface area contributed by atoms with Gasteiger partial charge in [0.15, 0.2) is 0 Å². The van der Waals surface area contributed by atoms with Crippen LogP contribution in [0.15, 0.2) is 54.7 Å². The van der Waals surface area contributed by atoms with E-state index in [2.05, 4.69) is 36.0 Å². The van der Waals surface area contributed by atoms with Crippen LogP contribution in [0.25, 0.3) is 10.9 Å². The first kappa shape index (κ1) is 17.2. The fraction of sp³-hybridized carbons (Fsp3) is 0.286. The Hall–Kier alpha value is -2.59. The molecular formula is C21H25N3O. The summed E-state index contributed by atoms with van der Waals surface area (Å²) in [6.07, 6.45) is 1.89. The first-order valence-electron chi connectivity index (χ1n) is 8.78. The second-order valence-electron chi connectivity index (χ2n) is 6.59. The van der Waals surface area contributed by atoms with Crippen LogP contribution in [0, 0.1) is 0 Å². The fourth-order valence-corrected chi connectivity index (χ4v) is 2.99. The molecule has 0 atom stereocenters. The highest BCUT2D eigenvalue weighted by Crippen LogP contribution is 2.19. The van der Waals surface area contributed by atoms with Crippen molar-refractivity contribution in [2.24, 2.45) is 0 Å². The summed E-state index contributed by atoms with van der Waals surface area (Å²) < 4.78 is 0. The molecule has 2 aromatic carbocycles. The Balaban J connectivity index is 1.67. The molecule has 4 nitrogen and oxygen atoms in total. The summed E-state index contributed by atoms with van der Waals surface area (Å²) in [6, 6.07) is 16.2. The molecule has 1 amide bonds. The highest BCUT2D eigenvalue weighted by Gasteiger charge is 2.10. The monoisotopic (exact) mass is 335 g/mol. The highest BCUT2D eigenvalue weighted by atomic mass is 16.1. The van der Waals surface area contributed by atoms with E-state index in [0.717, 1.165) is 29.7 Å². The molecular weight excluding hydrogens is 310 g/mol. The van der Waals surface area contributed by atoms with Gasteiger partial charge in [0.05, 0.1) is 0 Å². The first-order chi connectivity index (χ1) is 12.1. The van der Waals surface area contributed by atoms with Crippen molar-refractivity contribution in [3.63, 3.8) is 0 Å². The number of hydrogen-bond acceptors (Lipinski definition) is 2. The number of carbonyl (C=O) groups is 1. The van der Waals surface area contributed by atoms with Crippen molar-refractivity contribution in [3.05, 3.63) is 65.9 Å². The molecule has 0 aliphatic carbocycles. The summed E-state index contributed by atoms with van der Waals surface area (Å²) >= 11 is 0. The lowest BCUT2D eigenvalue weighted by molar-refractivity contribution is 0.102. The molecule has 0 fully saturated rings. The van der Waals surface area contributed by atoms with Crippen molar-refractivity contribution in [2.45, 2.75) is 33.4 Å². The van der Waals surface area contributed by atoms with Crippen molar-refractivity contribution in [2.75, 3.05) is 11.9 Å². The van der Waals surface area contributed by atoms with E-state index >= 15 is 0 Å². The Morgan fingerprint density at radius 2 is 1.88 bits per heavy atom.